The summed E-state index contributed by atoms with van der Waals surface area (Å²) < 4.78 is 21.8. The number of fused-ring (bicyclic) bond motifs is 1. The molecule has 0 saturated carbocycles. The van der Waals surface area contributed by atoms with Gasteiger partial charge in [-0.15, -0.1) is 0 Å². The number of aromatic amines is 1. The topological polar surface area (TPSA) is 78.4 Å². The Morgan fingerprint density at radius 2 is 1.94 bits per heavy atom. The summed E-state index contributed by atoms with van der Waals surface area (Å²) in [7, 11) is -2.69. The van der Waals surface area contributed by atoms with Crippen molar-refractivity contribution in [2.45, 2.75) is 91.1 Å². The molecule has 1 unspecified atom stereocenters. The average molecular weight is 470 g/mol. The van der Waals surface area contributed by atoms with Gasteiger partial charge in [-0.25, -0.2) is 4.98 Å². The molecule has 2 aromatic heterocycles. The lowest BCUT2D eigenvalue weighted by Crippen LogP contribution is -2.48. The summed E-state index contributed by atoms with van der Waals surface area (Å²) in [6.07, 6.45) is 1.82. The molecular weight excluding hydrogens is 429 g/mol. The van der Waals surface area contributed by atoms with Crippen molar-refractivity contribution >= 4 is 27.5 Å². The SMILES string of the molecule is C.CC[C@H]1O[C@@H](n2ccc3c(=O)[nH]c(C)nc32)C(O[Si](C)(C)C(C)(C)C)[C@H]1OP(C)C. The molecule has 0 spiro atoms. The van der Waals surface area contributed by atoms with Gasteiger partial charge >= 0.3 is 0 Å². The monoisotopic (exact) mass is 469 g/mol. The average Bonchev–Trinajstić information content (AvgIpc) is 3.15. The molecule has 0 aromatic carbocycles. The molecular formula is C22H40N3O4PSi. The van der Waals surface area contributed by atoms with Gasteiger partial charge in [-0.3, -0.25) is 4.79 Å². The third-order valence-electron chi connectivity index (χ3n) is 6.23. The van der Waals surface area contributed by atoms with Crippen molar-refractivity contribution in [2.24, 2.45) is 0 Å². The summed E-state index contributed by atoms with van der Waals surface area (Å²) in [6.45, 7) is 19.3. The molecule has 176 valence electrons. The molecule has 0 radical (unpaired) electrons. The molecule has 9 heteroatoms. The van der Waals surface area contributed by atoms with Crippen LogP contribution in [0.15, 0.2) is 17.1 Å². The van der Waals surface area contributed by atoms with E-state index in [1.54, 1.807) is 13.0 Å². The lowest BCUT2D eigenvalue weighted by atomic mass is 10.1. The van der Waals surface area contributed by atoms with Crippen molar-refractivity contribution in [1.82, 2.24) is 14.5 Å². The van der Waals surface area contributed by atoms with Crippen molar-refractivity contribution < 1.29 is 13.7 Å². The Labute approximate surface area is 188 Å². The fourth-order valence-electron chi connectivity index (χ4n) is 3.63. The Hall–Kier alpha value is -1.05. The summed E-state index contributed by atoms with van der Waals surface area (Å²) in [5, 5.41) is 0.612. The smallest absolute Gasteiger partial charge is 0.260 e. The molecule has 3 rings (SSSR count). The second kappa shape index (κ2) is 9.44. The minimum absolute atomic E-state index is 0. The quantitative estimate of drug-likeness (QED) is 0.452. The Morgan fingerprint density at radius 3 is 2.48 bits per heavy atom. The first-order chi connectivity index (χ1) is 13.9. The molecule has 1 aliphatic rings. The van der Waals surface area contributed by atoms with Crippen LogP contribution in [0.3, 0.4) is 0 Å². The van der Waals surface area contributed by atoms with Crippen LogP contribution in [0, 0.1) is 6.92 Å². The highest BCUT2D eigenvalue weighted by atomic mass is 31.1. The van der Waals surface area contributed by atoms with Crippen LogP contribution in [-0.4, -0.2) is 54.5 Å². The number of aromatic nitrogens is 3. The highest BCUT2D eigenvalue weighted by molar-refractivity contribution is 7.50. The second-order valence-electron chi connectivity index (χ2n) is 9.81. The van der Waals surface area contributed by atoms with E-state index in [0.717, 1.165) is 6.42 Å². The fourth-order valence-corrected chi connectivity index (χ4v) is 5.66. The van der Waals surface area contributed by atoms with E-state index in [1.165, 1.54) is 0 Å². The van der Waals surface area contributed by atoms with E-state index in [4.69, 9.17) is 13.7 Å². The maximum atomic E-state index is 12.4. The number of nitrogens with one attached hydrogen (secondary N) is 1. The molecule has 2 aromatic rings. The van der Waals surface area contributed by atoms with E-state index in [-0.39, 0.29) is 36.3 Å². The molecule has 4 atom stereocenters. The van der Waals surface area contributed by atoms with Gasteiger partial charge in [-0.1, -0.05) is 35.1 Å². The van der Waals surface area contributed by atoms with Gasteiger partial charge in [-0.2, -0.15) is 0 Å². The van der Waals surface area contributed by atoms with E-state index >= 15 is 0 Å². The number of nitrogens with zero attached hydrogens (tertiary/aromatic N) is 2. The molecule has 1 fully saturated rings. The van der Waals surface area contributed by atoms with Gasteiger partial charge < -0.3 is 23.2 Å². The normalized spacial score (nSPS) is 24.7. The van der Waals surface area contributed by atoms with E-state index < -0.39 is 22.7 Å². The predicted octanol–water partition coefficient (Wildman–Crippen LogP) is 5.41. The third-order valence-corrected chi connectivity index (χ3v) is 11.4. The van der Waals surface area contributed by atoms with Gasteiger partial charge in [0.2, 0.25) is 0 Å². The first kappa shape index (κ1) is 26.2. The number of H-pyrrole nitrogens is 1. The third kappa shape index (κ3) is 5.14. The van der Waals surface area contributed by atoms with Crippen molar-refractivity contribution in [1.29, 1.82) is 0 Å². The molecule has 0 bridgehead atoms. The summed E-state index contributed by atoms with van der Waals surface area (Å²) in [5.74, 6) is 0.581. The van der Waals surface area contributed by atoms with Gasteiger partial charge in [0.05, 0.1) is 11.5 Å². The maximum Gasteiger partial charge on any atom is 0.260 e. The Bertz CT molecular complexity index is 950. The van der Waals surface area contributed by atoms with E-state index in [0.29, 0.717) is 16.9 Å². The van der Waals surface area contributed by atoms with E-state index in [2.05, 4.69) is 64.1 Å². The van der Waals surface area contributed by atoms with Crippen molar-refractivity contribution in [3.05, 3.63) is 28.4 Å². The standard InChI is InChI=1S/C21H36N3O4PSi.CH4/c1-10-15-16(27-29(6)7)17(28-30(8,9)21(3,4)5)20(26-15)24-12-11-14-18(24)22-13(2)23-19(14)25;/h11-12,15-17,20H,10H2,1-9H3,(H,22,23,25);1H4/t15-,16+,17?,20-;/m1./s1. The highest BCUT2D eigenvalue weighted by Gasteiger charge is 2.51. The lowest BCUT2D eigenvalue weighted by Gasteiger charge is -2.41. The molecule has 0 aliphatic carbocycles. The van der Waals surface area contributed by atoms with Gasteiger partial charge in [0.25, 0.3) is 5.56 Å². The van der Waals surface area contributed by atoms with Gasteiger partial charge in [0.1, 0.15) is 23.7 Å². The maximum absolute atomic E-state index is 12.4. The summed E-state index contributed by atoms with van der Waals surface area (Å²) in [6, 6.07) is 1.80. The molecule has 31 heavy (non-hydrogen) atoms. The zero-order valence-electron chi connectivity index (χ0n) is 19.6. The highest BCUT2D eigenvalue weighted by Crippen LogP contribution is 2.46. The molecule has 3 heterocycles. The van der Waals surface area contributed by atoms with E-state index in [9.17, 15) is 4.79 Å². The van der Waals surface area contributed by atoms with Crippen LogP contribution in [0.5, 0.6) is 0 Å². The Morgan fingerprint density at radius 1 is 1.29 bits per heavy atom. The van der Waals surface area contributed by atoms with Gasteiger partial charge in [0.15, 0.2) is 14.5 Å². The minimum atomic E-state index is -2.10. The minimum Gasteiger partial charge on any atom is -0.407 e. The van der Waals surface area contributed by atoms with Crippen LogP contribution in [-0.2, 0) is 13.7 Å². The van der Waals surface area contributed by atoms with Crippen LogP contribution in [0.4, 0.5) is 0 Å². The number of hydrogen-bond acceptors (Lipinski definition) is 5. The zero-order valence-corrected chi connectivity index (χ0v) is 21.5. The van der Waals surface area contributed by atoms with Crippen LogP contribution in [0.25, 0.3) is 11.0 Å². The molecule has 1 N–H and O–H groups in total. The van der Waals surface area contributed by atoms with Crippen molar-refractivity contribution in [2.75, 3.05) is 13.3 Å². The zero-order chi connectivity index (χ0) is 22.4. The first-order valence-corrected chi connectivity index (χ1v) is 15.7. The lowest BCUT2D eigenvalue weighted by molar-refractivity contribution is -0.0320. The number of hydrogen-bond donors (Lipinski definition) is 1. The Kier molecular flexibility index (Phi) is 7.98. The second-order valence-corrected chi connectivity index (χ2v) is 16.4. The van der Waals surface area contributed by atoms with Crippen LogP contribution >= 0.6 is 8.15 Å². The van der Waals surface area contributed by atoms with Crippen molar-refractivity contribution in [3.8, 4) is 0 Å². The number of rotatable bonds is 6. The summed E-state index contributed by atoms with van der Waals surface area (Å²) in [4.78, 5) is 19.8. The largest absolute Gasteiger partial charge is 0.407 e. The van der Waals surface area contributed by atoms with Crippen LogP contribution in [0.1, 0.15) is 53.6 Å². The van der Waals surface area contributed by atoms with Gasteiger partial charge in [-0.05, 0) is 50.9 Å². The molecule has 7 nitrogen and oxygen atoms in total. The number of ether oxygens (including phenoxy) is 1. The van der Waals surface area contributed by atoms with Crippen LogP contribution < -0.4 is 5.56 Å². The summed E-state index contributed by atoms with van der Waals surface area (Å²) >= 11 is 0. The van der Waals surface area contributed by atoms with Crippen LogP contribution in [0.2, 0.25) is 18.1 Å². The van der Waals surface area contributed by atoms with Gasteiger partial charge in [0, 0.05) is 14.3 Å². The Balaban J connectivity index is 0.00000341. The van der Waals surface area contributed by atoms with Crippen molar-refractivity contribution in [3.63, 3.8) is 0 Å². The molecule has 1 saturated heterocycles. The predicted molar refractivity (Wildman–Crippen MR) is 132 cm³/mol. The molecule has 0 amide bonds. The number of aryl methyl sites for hydroxylation is 1. The summed E-state index contributed by atoms with van der Waals surface area (Å²) in [5.41, 5.74) is 0.484. The first-order valence-electron chi connectivity index (χ1n) is 10.6. The molecule has 1 aliphatic heterocycles. The fraction of sp³-hybridized carbons (Fsp3) is 0.727. The van der Waals surface area contributed by atoms with E-state index in [1.807, 2.05) is 10.8 Å².